The van der Waals surface area contributed by atoms with E-state index in [-0.39, 0.29) is 19.8 Å². The lowest BCUT2D eigenvalue weighted by Gasteiger charge is -2.44. The largest absolute Gasteiger partial charge is 0.463 e. The average Bonchev–Trinajstić information content (AvgIpc) is 2.80. The Bertz CT molecular complexity index is 924. The van der Waals surface area contributed by atoms with E-state index in [1.165, 1.54) is 13.8 Å². The summed E-state index contributed by atoms with van der Waals surface area (Å²) in [7, 11) is 0. The van der Waals surface area contributed by atoms with Gasteiger partial charge in [0.1, 0.15) is 18.8 Å². The van der Waals surface area contributed by atoms with E-state index < -0.39 is 60.4 Å². The van der Waals surface area contributed by atoms with Crippen molar-refractivity contribution in [1.82, 2.24) is 10.8 Å². The number of carbonyl (C=O) groups excluding carboxylic acids is 5. The van der Waals surface area contributed by atoms with E-state index in [1.807, 2.05) is 0 Å². The highest BCUT2D eigenvalue weighted by Crippen LogP contribution is 2.28. The molecular formula is C23H30N2O11. The Morgan fingerprint density at radius 2 is 1.53 bits per heavy atom. The van der Waals surface area contributed by atoms with Crippen molar-refractivity contribution in [2.75, 3.05) is 19.8 Å². The Labute approximate surface area is 207 Å². The standard InChI is InChI=1S/C23H30N2O11/c1-13(26)25-19-21(34-16(4)29)20(33-15(3)28)18(12-32-14(2)27)35-23(19)31-11-10-24-36-22(30)17-8-6-5-7-9-17/h5-9,18-21,23-24H,10-12H2,1-4H3,(H,25,26)/t18?,19?,20-,21?,23-/m1/s1. The molecule has 3 unspecified atom stereocenters. The number of hydroxylamine groups is 1. The van der Waals surface area contributed by atoms with E-state index >= 15 is 0 Å². The lowest BCUT2D eigenvalue weighted by atomic mass is 9.96. The van der Waals surface area contributed by atoms with Crippen LogP contribution < -0.4 is 10.8 Å². The molecule has 13 nitrogen and oxygen atoms in total. The van der Waals surface area contributed by atoms with Gasteiger partial charge in [-0.1, -0.05) is 18.2 Å². The van der Waals surface area contributed by atoms with Crippen LogP contribution >= 0.6 is 0 Å². The smallest absolute Gasteiger partial charge is 0.356 e. The highest BCUT2D eigenvalue weighted by molar-refractivity contribution is 5.89. The van der Waals surface area contributed by atoms with E-state index in [2.05, 4.69) is 10.8 Å². The van der Waals surface area contributed by atoms with E-state index in [9.17, 15) is 24.0 Å². The average molecular weight is 510 g/mol. The fraction of sp³-hybridized carbons (Fsp3) is 0.522. The van der Waals surface area contributed by atoms with Gasteiger partial charge in [0.05, 0.1) is 18.7 Å². The lowest BCUT2D eigenvalue weighted by Crippen LogP contribution is -2.66. The third kappa shape index (κ3) is 9.24. The highest BCUT2D eigenvalue weighted by Gasteiger charge is 2.51. The summed E-state index contributed by atoms with van der Waals surface area (Å²) < 4.78 is 27.3. The zero-order valence-electron chi connectivity index (χ0n) is 20.4. The molecule has 0 saturated carbocycles. The molecule has 1 amide bonds. The first-order valence-electron chi connectivity index (χ1n) is 11.1. The predicted molar refractivity (Wildman–Crippen MR) is 120 cm³/mol. The van der Waals surface area contributed by atoms with Crippen LogP contribution in [0.4, 0.5) is 0 Å². The SMILES string of the molecule is CC(=O)NC1C(OC(C)=O)[C@H](OC(C)=O)C(COC(C)=O)O[C@H]1OCCNOC(=O)c1ccccc1. The fourth-order valence-electron chi connectivity index (χ4n) is 3.40. The molecule has 1 saturated heterocycles. The van der Waals surface area contributed by atoms with Gasteiger partial charge in [-0.05, 0) is 12.1 Å². The van der Waals surface area contributed by atoms with Crippen molar-refractivity contribution in [3.8, 4) is 0 Å². The quantitative estimate of drug-likeness (QED) is 0.178. The van der Waals surface area contributed by atoms with Crippen LogP contribution in [0.2, 0.25) is 0 Å². The van der Waals surface area contributed by atoms with Crippen molar-refractivity contribution in [3.63, 3.8) is 0 Å². The zero-order chi connectivity index (χ0) is 26.7. The van der Waals surface area contributed by atoms with Crippen LogP contribution in [0, 0.1) is 0 Å². The Hall–Kier alpha value is -3.55. The minimum absolute atomic E-state index is 0.0332. The Morgan fingerprint density at radius 3 is 2.11 bits per heavy atom. The monoisotopic (exact) mass is 510 g/mol. The molecule has 1 heterocycles. The number of hydrogen-bond donors (Lipinski definition) is 2. The number of nitrogens with one attached hydrogen (secondary N) is 2. The van der Waals surface area contributed by atoms with Gasteiger partial charge in [-0.15, -0.1) is 0 Å². The minimum Gasteiger partial charge on any atom is -0.463 e. The van der Waals surface area contributed by atoms with E-state index in [0.717, 1.165) is 13.8 Å². The number of esters is 3. The zero-order valence-corrected chi connectivity index (χ0v) is 20.4. The molecule has 13 heteroatoms. The minimum atomic E-state index is -1.22. The Morgan fingerprint density at radius 1 is 0.889 bits per heavy atom. The summed E-state index contributed by atoms with van der Waals surface area (Å²) in [5.41, 5.74) is 2.82. The number of amides is 1. The molecule has 2 rings (SSSR count). The molecule has 1 aromatic rings. The van der Waals surface area contributed by atoms with Gasteiger partial charge >= 0.3 is 23.9 Å². The van der Waals surface area contributed by atoms with Crippen molar-refractivity contribution in [3.05, 3.63) is 35.9 Å². The van der Waals surface area contributed by atoms with Crippen molar-refractivity contribution in [1.29, 1.82) is 0 Å². The van der Waals surface area contributed by atoms with Crippen LogP contribution in [0.5, 0.6) is 0 Å². The molecule has 0 spiro atoms. The topological polar surface area (TPSA) is 165 Å². The van der Waals surface area contributed by atoms with Gasteiger partial charge in [-0.3, -0.25) is 19.2 Å². The van der Waals surface area contributed by atoms with Crippen molar-refractivity contribution < 1.29 is 52.5 Å². The Kier molecular flexibility index (Phi) is 11.2. The van der Waals surface area contributed by atoms with Gasteiger partial charge in [0.2, 0.25) is 5.91 Å². The van der Waals surface area contributed by atoms with Gasteiger partial charge < -0.3 is 33.8 Å². The highest BCUT2D eigenvalue weighted by atomic mass is 16.7. The summed E-state index contributed by atoms with van der Waals surface area (Å²) in [5.74, 6) is -3.13. The molecule has 0 aromatic heterocycles. The van der Waals surface area contributed by atoms with Crippen LogP contribution in [0.25, 0.3) is 0 Å². The molecule has 0 radical (unpaired) electrons. The normalized spacial score (nSPS) is 23.2. The number of carbonyl (C=O) groups is 5. The molecular weight excluding hydrogens is 480 g/mol. The fourth-order valence-corrected chi connectivity index (χ4v) is 3.40. The van der Waals surface area contributed by atoms with E-state index in [0.29, 0.717) is 5.56 Å². The van der Waals surface area contributed by atoms with E-state index in [4.69, 9.17) is 28.5 Å². The molecule has 36 heavy (non-hydrogen) atoms. The van der Waals surface area contributed by atoms with Gasteiger partial charge in [0.25, 0.3) is 0 Å². The second-order valence-corrected chi connectivity index (χ2v) is 7.74. The van der Waals surface area contributed by atoms with Crippen molar-refractivity contribution in [2.24, 2.45) is 0 Å². The van der Waals surface area contributed by atoms with Crippen LogP contribution in [0.15, 0.2) is 30.3 Å². The predicted octanol–water partition coefficient (Wildman–Crippen LogP) is 0.0207. The number of hydrogen-bond acceptors (Lipinski definition) is 12. The van der Waals surface area contributed by atoms with Gasteiger partial charge in [0.15, 0.2) is 18.5 Å². The van der Waals surface area contributed by atoms with Crippen LogP contribution in [0.3, 0.4) is 0 Å². The number of benzene rings is 1. The maximum absolute atomic E-state index is 12.0. The molecule has 1 aromatic carbocycles. The third-order valence-corrected chi connectivity index (χ3v) is 4.73. The maximum Gasteiger partial charge on any atom is 0.356 e. The number of ether oxygens (including phenoxy) is 5. The molecule has 1 aliphatic heterocycles. The van der Waals surface area contributed by atoms with Crippen LogP contribution in [-0.4, -0.2) is 80.2 Å². The van der Waals surface area contributed by atoms with Gasteiger partial charge in [-0.25, -0.2) is 4.79 Å². The molecule has 198 valence electrons. The summed E-state index contributed by atoms with van der Waals surface area (Å²) in [6, 6.07) is 7.24. The van der Waals surface area contributed by atoms with Gasteiger partial charge in [-0.2, -0.15) is 5.48 Å². The summed E-state index contributed by atoms with van der Waals surface area (Å²) in [4.78, 5) is 63.8. The molecule has 0 bridgehead atoms. The second kappa shape index (κ2) is 14.1. The van der Waals surface area contributed by atoms with Crippen LogP contribution in [0.1, 0.15) is 38.1 Å². The lowest BCUT2D eigenvalue weighted by molar-refractivity contribution is -0.277. The molecule has 0 aliphatic carbocycles. The summed E-state index contributed by atoms with van der Waals surface area (Å²) in [6.45, 7) is 4.32. The molecule has 2 N–H and O–H groups in total. The van der Waals surface area contributed by atoms with Gasteiger partial charge in [0, 0.05) is 27.7 Å². The number of rotatable bonds is 11. The first-order chi connectivity index (χ1) is 17.1. The molecule has 1 fully saturated rings. The summed E-state index contributed by atoms with van der Waals surface area (Å²) in [6.07, 6.45) is -4.73. The first-order valence-corrected chi connectivity index (χ1v) is 11.1. The first kappa shape index (κ1) is 28.7. The molecule has 5 atom stereocenters. The second-order valence-electron chi connectivity index (χ2n) is 7.74. The van der Waals surface area contributed by atoms with E-state index in [1.54, 1.807) is 30.3 Å². The maximum atomic E-state index is 12.0. The summed E-state index contributed by atoms with van der Waals surface area (Å²) >= 11 is 0. The van der Waals surface area contributed by atoms with Crippen molar-refractivity contribution >= 4 is 29.8 Å². The van der Waals surface area contributed by atoms with Crippen LogP contribution in [-0.2, 0) is 47.7 Å². The third-order valence-electron chi connectivity index (χ3n) is 4.73. The molecule has 1 aliphatic rings. The summed E-state index contributed by atoms with van der Waals surface area (Å²) in [5, 5.41) is 2.59. The van der Waals surface area contributed by atoms with Crippen molar-refractivity contribution in [2.45, 2.75) is 58.3 Å². The Balaban J connectivity index is 2.12.